The molecule has 1 aliphatic carbocycles. The summed E-state index contributed by atoms with van der Waals surface area (Å²) in [6.07, 6.45) is 3.26. The summed E-state index contributed by atoms with van der Waals surface area (Å²) in [7, 11) is 0. The number of rotatable bonds is 2. The van der Waals surface area contributed by atoms with E-state index in [1.807, 2.05) is 6.92 Å². The van der Waals surface area contributed by atoms with Crippen molar-refractivity contribution in [3.63, 3.8) is 0 Å². The summed E-state index contributed by atoms with van der Waals surface area (Å²) >= 11 is 0. The number of hydrogen-bond acceptors (Lipinski definition) is 3. The lowest BCUT2D eigenvalue weighted by Gasteiger charge is -2.32. The first-order valence-corrected chi connectivity index (χ1v) is 6.23. The zero-order valence-electron chi connectivity index (χ0n) is 10.2. The average molecular weight is 240 g/mol. The minimum absolute atomic E-state index is 0.0475. The molecule has 2 aliphatic rings. The molecule has 0 bridgehead atoms. The summed E-state index contributed by atoms with van der Waals surface area (Å²) in [6.45, 7) is 2.82. The predicted octanol–water partition coefficient (Wildman–Crippen LogP) is 0.437. The van der Waals surface area contributed by atoms with E-state index in [4.69, 9.17) is 10.8 Å². The van der Waals surface area contributed by atoms with E-state index >= 15 is 0 Å². The van der Waals surface area contributed by atoms with E-state index in [0.717, 1.165) is 19.3 Å². The third kappa shape index (κ3) is 2.04. The smallest absolute Gasteiger partial charge is 0.308 e. The second-order valence-corrected chi connectivity index (χ2v) is 5.49. The fourth-order valence-corrected chi connectivity index (χ4v) is 2.97. The van der Waals surface area contributed by atoms with Crippen LogP contribution in [0.4, 0.5) is 0 Å². The number of carboxylic acids is 1. The molecule has 1 amide bonds. The minimum Gasteiger partial charge on any atom is -0.481 e. The van der Waals surface area contributed by atoms with Crippen molar-refractivity contribution < 1.29 is 14.7 Å². The summed E-state index contributed by atoms with van der Waals surface area (Å²) < 4.78 is 0. The Kier molecular flexibility index (Phi) is 3.12. The Balaban J connectivity index is 2.04. The molecule has 96 valence electrons. The molecule has 0 radical (unpaired) electrons. The van der Waals surface area contributed by atoms with Crippen LogP contribution in [-0.2, 0) is 9.59 Å². The van der Waals surface area contributed by atoms with Crippen molar-refractivity contribution in [3.8, 4) is 0 Å². The van der Waals surface area contributed by atoms with Crippen molar-refractivity contribution in [2.75, 3.05) is 13.1 Å². The molecule has 3 unspecified atom stereocenters. The Morgan fingerprint density at radius 1 is 1.41 bits per heavy atom. The molecule has 5 heteroatoms. The summed E-state index contributed by atoms with van der Waals surface area (Å²) in [6, 6.07) is -0.0844. The number of hydrogen-bond donors (Lipinski definition) is 2. The van der Waals surface area contributed by atoms with Crippen LogP contribution in [0.2, 0.25) is 0 Å². The van der Waals surface area contributed by atoms with Gasteiger partial charge in [-0.25, -0.2) is 0 Å². The van der Waals surface area contributed by atoms with Crippen molar-refractivity contribution >= 4 is 11.9 Å². The Bertz CT molecular complexity index is 345. The SMILES string of the molecule is CC1(C(=O)N2CCC(C(=O)O)C2)CCCC1N. The zero-order valence-corrected chi connectivity index (χ0v) is 10.2. The van der Waals surface area contributed by atoms with Crippen LogP contribution in [0.25, 0.3) is 0 Å². The molecule has 2 rings (SSSR count). The number of carboxylic acid groups (broad SMARTS) is 1. The lowest BCUT2D eigenvalue weighted by molar-refractivity contribution is -0.143. The van der Waals surface area contributed by atoms with Crippen LogP contribution in [-0.4, -0.2) is 41.0 Å². The third-order valence-electron chi connectivity index (χ3n) is 4.34. The Hall–Kier alpha value is -1.10. The predicted molar refractivity (Wildman–Crippen MR) is 62.3 cm³/mol. The molecule has 17 heavy (non-hydrogen) atoms. The van der Waals surface area contributed by atoms with Crippen LogP contribution in [0.1, 0.15) is 32.6 Å². The lowest BCUT2D eigenvalue weighted by atomic mass is 9.83. The summed E-state index contributed by atoms with van der Waals surface area (Å²) in [5.41, 5.74) is 5.53. The van der Waals surface area contributed by atoms with Crippen LogP contribution in [0.15, 0.2) is 0 Å². The van der Waals surface area contributed by atoms with Gasteiger partial charge < -0.3 is 15.7 Å². The number of carbonyl (C=O) groups excluding carboxylic acids is 1. The van der Waals surface area contributed by atoms with Gasteiger partial charge in [-0.3, -0.25) is 9.59 Å². The van der Waals surface area contributed by atoms with Gasteiger partial charge in [-0.2, -0.15) is 0 Å². The molecule has 1 saturated carbocycles. The van der Waals surface area contributed by atoms with Gasteiger partial charge in [-0.05, 0) is 26.2 Å². The topological polar surface area (TPSA) is 83.6 Å². The molecule has 1 heterocycles. The number of amides is 1. The maximum atomic E-state index is 12.4. The van der Waals surface area contributed by atoms with E-state index in [9.17, 15) is 9.59 Å². The van der Waals surface area contributed by atoms with E-state index in [-0.39, 0.29) is 11.9 Å². The second-order valence-electron chi connectivity index (χ2n) is 5.49. The highest BCUT2D eigenvalue weighted by atomic mass is 16.4. The first-order chi connectivity index (χ1) is 7.95. The third-order valence-corrected chi connectivity index (χ3v) is 4.34. The van der Waals surface area contributed by atoms with E-state index in [1.165, 1.54) is 0 Å². The van der Waals surface area contributed by atoms with Gasteiger partial charge in [0.25, 0.3) is 0 Å². The second kappa shape index (κ2) is 4.29. The van der Waals surface area contributed by atoms with Crippen molar-refractivity contribution in [3.05, 3.63) is 0 Å². The standard InChI is InChI=1S/C12H20N2O3/c1-12(5-2-3-9(12)13)11(17)14-6-4-8(7-14)10(15)16/h8-9H,2-7,13H2,1H3,(H,15,16). The van der Waals surface area contributed by atoms with Crippen LogP contribution in [0, 0.1) is 11.3 Å². The number of nitrogens with two attached hydrogens (primary N) is 1. The molecule has 1 aliphatic heterocycles. The van der Waals surface area contributed by atoms with Gasteiger partial charge in [0.2, 0.25) is 5.91 Å². The van der Waals surface area contributed by atoms with Gasteiger partial charge in [0.15, 0.2) is 0 Å². The maximum Gasteiger partial charge on any atom is 0.308 e. The number of nitrogens with zero attached hydrogens (tertiary/aromatic N) is 1. The van der Waals surface area contributed by atoms with Crippen molar-refractivity contribution in [2.24, 2.45) is 17.1 Å². The van der Waals surface area contributed by atoms with E-state index in [0.29, 0.717) is 19.5 Å². The average Bonchev–Trinajstić information content (AvgIpc) is 2.87. The highest BCUT2D eigenvalue weighted by molar-refractivity contribution is 5.84. The number of aliphatic carboxylic acids is 1. The summed E-state index contributed by atoms with van der Waals surface area (Å²) in [5.74, 6) is -1.16. The number of carbonyl (C=O) groups is 2. The van der Waals surface area contributed by atoms with Crippen molar-refractivity contribution in [1.82, 2.24) is 4.90 Å². The summed E-state index contributed by atoms with van der Waals surface area (Å²) in [5, 5.41) is 8.93. The lowest BCUT2D eigenvalue weighted by Crippen LogP contribution is -2.48. The molecule has 3 N–H and O–H groups in total. The van der Waals surface area contributed by atoms with Crippen LogP contribution >= 0.6 is 0 Å². The van der Waals surface area contributed by atoms with E-state index in [2.05, 4.69) is 0 Å². The quantitative estimate of drug-likeness (QED) is 0.733. The molecular formula is C12H20N2O3. The molecule has 3 atom stereocenters. The molecule has 0 spiro atoms. The van der Waals surface area contributed by atoms with Crippen molar-refractivity contribution in [2.45, 2.75) is 38.6 Å². The Morgan fingerprint density at radius 3 is 2.59 bits per heavy atom. The van der Waals surface area contributed by atoms with Crippen molar-refractivity contribution in [1.29, 1.82) is 0 Å². The largest absolute Gasteiger partial charge is 0.481 e. The van der Waals surface area contributed by atoms with Gasteiger partial charge in [0.1, 0.15) is 0 Å². The molecule has 2 fully saturated rings. The first kappa shape index (κ1) is 12.4. The monoisotopic (exact) mass is 240 g/mol. The fraction of sp³-hybridized carbons (Fsp3) is 0.833. The normalized spacial score (nSPS) is 37.4. The highest BCUT2D eigenvalue weighted by Gasteiger charge is 2.46. The Labute approximate surface area is 101 Å². The van der Waals surface area contributed by atoms with Gasteiger partial charge in [0.05, 0.1) is 11.3 Å². The Morgan fingerprint density at radius 2 is 2.12 bits per heavy atom. The minimum atomic E-state index is -0.804. The van der Waals surface area contributed by atoms with Crippen LogP contribution in [0.3, 0.4) is 0 Å². The van der Waals surface area contributed by atoms with E-state index in [1.54, 1.807) is 4.90 Å². The van der Waals surface area contributed by atoms with E-state index < -0.39 is 17.3 Å². The highest BCUT2D eigenvalue weighted by Crippen LogP contribution is 2.39. The number of likely N-dealkylation sites (tertiary alicyclic amines) is 1. The zero-order chi connectivity index (χ0) is 12.6. The summed E-state index contributed by atoms with van der Waals surface area (Å²) in [4.78, 5) is 25.0. The maximum absolute atomic E-state index is 12.4. The van der Waals surface area contributed by atoms with Gasteiger partial charge in [-0.1, -0.05) is 6.42 Å². The molecular weight excluding hydrogens is 220 g/mol. The molecule has 1 saturated heterocycles. The van der Waals surface area contributed by atoms with Gasteiger partial charge in [-0.15, -0.1) is 0 Å². The van der Waals surface area contributed by atoms with Crippen LogP contribution in [0.5, 0.6) is 0 Å². The fourth-order valence-electron chi connectivity index (χ4n) is 2.97. The molecule has 5 nitrogen and oxygen atoms in total. The molecule has 0 aromatic heterocycles. The first-order valence-electron chi connectivity index (χ1n) is 6.23. The van der Waals surface area contributed by atoms with Gasteiger partial charge >= 0.3 is 5.97 Å². The van der Waals surface area contributed by atoms with Crippen LogP contribution < -0.4 is 5.73 Å². The molecule has 0 aromatic rings. The molecule has 0 aromatic carbocycles. The van der Waals surface area contributed by atoms with Gasteiger partial charge in [0, 0.05) is 19.1 Å².